The third-order valence-electron chi connectivity index (χ3n) is 4.13. The SMILES string of the molecule is O=C(CN1CCC(Oc2nccs2)CC1)NCC1CCCO1. The van der Waals surface area contributed by atoms with Gasteiger partial charge in [-0.3, -0.25) is 9.69 Å². The van der Waals surface area contributed by atoms with Crippen LogP contribution in [0.25, 0.3) is 0 Å². The average molecular weight is 325 g/mol. The molecule has 2 aliphatic heterocycles. The summed E-state index contributed by atoms with van der Waals surface area (Å²) in [6.45, 7) is 3.72. The molecule has 1 unspecified atom stereocenters. The van der Waals surface area contributed by atoms with Crippen molar-refractivity contribution < 1.29 is 14.3 Å². The van der Waals surface area contributed by atoms with Gasteiger partial charge in [-0.2, -0.15) is 0 Å². The Morgan fingerprint density at radius 1 is 1.45 bits per heavy atom. The van der Waals surface area contributed by atoms with E-state index in [2.05, 4.69) is 15.2 Å². The smallest absolute Gasteiger partial charge is 0.273 e. The van der Waals surface area contributed by atoms with Crippen molar-refractivity contribution in [3.05, 3.63) is 11.6 Å². The van der Waals surface area contributed by atoms with Crippen LogP contribution in [0.2, 0.25) is 0 Å². The fourth-order valence-corrected chi connectivity index (χ4v) is 3.44. The maximum Gasteiger partial charge on any atom is 0.273 e. The lowest BCUT2D eigenvalue weighted by molar-refractivity contribution is -0.123. The van der Waals surface area contributed by atoms with Crippen molar-refractivity contribution in [3.8, 4) is 5.19 Å². The topological polar surface area (TPSA) is 63.7 Å². The standard InChI is InChI=1S/C15H23N3O3S/c19-14(17-10-13-2-1-8-20-13)11-18-6-3-12(4-7-18)21-15-16-5-9-22-15/h5,9,12-13H,1-4,6-8,10-11H2,(H,17,19). The predicted molar refractivity (Wildman–Crippen MR) is 84.2 cm³/mol. The number of thiazole rings is 1. The van der Waals surface area contributed by atoms with Gasteiger partial charge in [0, 0.05) is 37.8 Å². The second-order valence-corrected chi connectivity index (χ2v) is 6.69. The minimum absolute atomic E-state index is 0.0924. The predicted octanol–water partition coefficient (Wildman–Crippen LogP) is 1.28. The molecular formula is C15H23N3O3S. The Morgan fingerprint density at radius 3 is 3.00 bits per heavy atom. The van der Waals surface area contributed by atoms with E-state index >= 15 is 0 Å². The lowest BCUT2D eigenvalue weighted by atomic mass is 10.1. The highest BCUT2D eigenvalue weighted by Crippen LogP contribution is 2.20. The van der Waals surface area contributed by atoms with Crippen LogP contribution in [0.1, 0.15) is 25.7 Å². The molecule has 0 aromatic carbocycles. The van der Waals surface area contributed by atoms with Crippen molar-refractivity contribution in [2.45, 2.75) is 37.9 Å². The Hall–Kier alpha value is -1.18. The second kappa shape index (κ2) is 7.89. The van der Waals surface area contributed by atoms with Crippen LogP contribution >= 0.6 is 11.3 Å². The van der Waals surface area contributed by atoms with Gasteiger partial charge in [-0.15, -0.1) is 0 Å². The summed E-state index contributed by atoms with van der Waals surface area (Å²) in [6, 6.07) is 0. The molecule has 1 amide bonds. The van der Waals surface area contributed by atoms with E-state index in [4.69, 9.17) is 9.47 Å². The van der Waals surface area contributed by atoms with Crippen LogP contribution in [-0.4, -0.2) is 60.8 Å². The van der Waals surface area contributed by atoms with E-state index < -0.39 is 0 Å². The van der Waals surface area contributed by atoms with Crippen molar-refractivity contribution in [3.63, 3.8) is 0 Å². The number of hydrogen-bond donors (Lipinski definition) is 1. The molecule has 0 saturated carbocycles. The maximum atomic E-state index is 12.0. The zero-order valence-corrected chi connectivity index (χ0v) is 13.5. The van der Waals surface area contributed by atoms with Gasteiger partial charge in [-0.25, -0.2) is 4.98 Å². The number of carbonyl (C=O) groups is 1. The van der Waals surface area contributed by atoms with Gasteiger partial charge in [0.05, 0.1) is 12.6 Å². The maximum absolute atomic E-state index is 12.0. The Morgan fingerprint density at radius 2 is 2.32 bits per heavy atom. The molecule has 3 rings (SSSR count). The molecule has 2 aliphatic rings. The van der Waals surface area contributed by atoms with Crippen molar-refractivity contribution in [1.82, 2.24) is 15.2 Å². The molecular weight excluding hydrogens is 302 g/mol. The molecule has 0 aliphatic carbocycles. The fraction of sp³-hybridized carbons (Fsp3) is 0.733. The van der Waals surface area contributed by atoms with Crippen molar-refractivity contribution in [2.24, 2.45) is 0 Å². The Bertz CT molecular complexity index is 455. The summed E-state index contributed by atoms with van der Waals surface area (Å²) < 4.78 is 11.3. The minimum atomic E-state index is 0.0924. The molecule has 0 radical (unpaired) electrons. The van der Waals surface area contributed by atoms with Gasteiger partial charge in [0.1, 0.15) is 6.10 Å². The Kier molecular flexibility index (Phi) is 5.64. The van der Waals surface area contributed by atoms with E-state index in [1.165, 1.54) is 11.3 Å². The quantitative estimate of drug-likeness (QED) is 0.854. The first-order chi connectivity index (χ1) is 10.8. The zero-order chi connectivity index (χ0) is 15.2. The van der Waals surface area contributed by atoms with Gasteiger partial charge in [0.25, 0.3) is 5.19 Å². The lowest BCUT2D eigenvalue weighted by Crippen LogP contribution is -2.44. The largest absolute Gasteiger partial charge is 0.467 e. The van der Waals surface area contributed by atoms with Crippen LogP contribution in [0, 0.1) is 0 Å². The van der Waals surface area contributed by atoms with Crippen LogP contribution in [0.4, 0.5) is 0 Å². The number of piperidine rings is 1. The van der Waals surface area contributed by atoms with Gasteiger partial charge in [-0.1, -0.05) is 11.3 Å². The number of aromatic nitrogens is 1. The van der Waals surface area contributed by atoms with Crippen molar-refractivity contribution in [1.29, 1.82) is 0 Å². The number of nitrogens with one attached hydrogen (secondary N) is 1. The van der Waals surface area contributed by atoms with E-state index in [9.17, 15) is 4.79 Å². The highest BCUT2D eigenvalue weighted by Gasteiger charge is 2.23. The molecule has 6 nitrogen and oxygen atoms in total. The van der Waals surface area contributed by atoms with E-state index in [0.29, 0.717) is 13.1 Å². The van der Waals surface area contributed by atoms with E-state index in [0.717, 1.165) is 50.6 Å². The summed E-state index contributed by atoms with van der Waals surface area (Å²) in [6.07, 6.45) is 6.23. The lowest BCUT2D eigenvalue weighted by Gasteiger charge is -2.31. The molecule has 122 valence electrons. The monoisotopic (exact) mass is 325 g/mol. The third kappa shape index (κ3) is 4.66. The van der Waals surface area contributed by atoms with Crippen LogP contribution in [0.3, 0.4) is 0 Å². The first-order valence-corrected chi connectivity index (χ1v) is 8.84. The number of likely N-dealkylation sites (tertiary alicyclic amines) is 1. The molecule has 1 aromatic rings. The summed E-state index contributed by atoms with van der Waals surface area (Å²) in [5.41, 5.74) is 0. The van der Waals surface area contributed by atoms with Crippen LogP contribution in [-0.2, 0) is 9.53 Å². The van der Waals surface area contributed by atoms with Crippen molar-refractivity contribution >= 4 is 17.2 Å². The molecule has 2 fully saturated rings. The van der Waals surface area contributed by atoms with Gasteiger partial charge in [0.2, 0.25) is 5.91 Å². The van der Waals surface area contributed by atoms with E-state index in [-0.39, 0.29) is 18.1 Å². The number of hydrogen-bond acceptors (Lipinski definition) is 6. The molecule has 0 bridgehead atoms. The van der Waals surface area contributed by atoms with Crippen molar-refractivity contribution in [2.75, 3.05) is 32.8 Å². The number of amides is 1. The highest BCUT2D eigenvalue weighted by atomic mass is 32.1. The molecule has 7 heteroatoms. The Balaban J connectivity index is 1.32. The summed E-state index contributed by atoms with van der Waals surface area (Å²) in [7, 11) is 0. The van der Waals surface area contributed by atoms with Gasteiger partial charge < -0.3 is 14.8 Å². The normalized spacial score (nSPS) is 23.5. The molecule has 1 N–H and O–H groups in total. The number of carbonyl (C=O) groups excluding carboxylic acids is 1. The molecule has 22 heavy (non-hydrogen) atoms. The van der Waals surface area contributed by atoms with Crippen LogP contribution in [0.15, 0.2) is 11.6 Å². The summed E-state index contributed by atoms with van der Waals surface area (Å²) in [5, 5.41) is 5.64. The average Bonchev–Trinajstić information content (AvgIpc) is 3.20. The van der Waals surface area contributed by atoms with Crippen LogP contribution in [0.5, 0.6) is 5.19 Å². The fourth-order valence-electron chi connectivity index (χ4n) is 2.89. The second-order valence-electron chi connectivity index (χ2n) is 5.83. The van der Waals surface area contributed by atoms with Crippen LogP contribution < -0.4 is 10.1 Å². The summed E-state index contributed by atoms with van der Waals surface area (Å²) >= 11 is 1.52. The number of rotatable bonds is 6. The molecule has 0 spiro atoms. The first-order valence-electron chi connectivity index (χ1n) is 7.96. The molecule has 3 heterocycles. The highest BCUT2D eigenvalue weighted by molar-refractivity contribution is 7.11. The first kappa shape index (κ1) is 15.7. The zero-order valence-electron chi connectivity index (χ0n) is 12.7. The van der Waals surface area contributed by atoms with Gasteiger partial charge in [-0.05, 0) is 25.7 Å². The molecule has 2 saturated heterocycles. The van der Waals surface area contributed by atoms with Gasteiger partial charge in [0.15, 0.2) is 0 Å². The molecule has 1 aromatic heterocycles. The minimum Gasteiger partial charge on any atom is -0.467 e. The van der Waals surface area contributed by atoms with Gasteiger partial charge >= 0.3 is 0 Å². The van der Waals surface area contributed by atoms with E-state index in [1.807, 2.05) is 5.38 Å². The summed E-state index contributed by atoms with van der Waals surface area (Å²) in [4.78, 5) is 18.3. The molecule has 1 atom stereocenters. The number of ether oxygens (including phenoxy) is 2. The Labute approximate surface area is 134 Å². The third-order valence-corrected chi connectivity index (χ3v) is 4.79. The summed E-state index contributed by atoms with van der Waals surface area (Å²) in [5.74, 6) is 0.0924. The van der Waals surface area contributed by atoms with E-state index in [1.54, 1.807) is 6.20 Å². The number of nitrogens with zero attached hydrogens (tertiary/aromatic N) is 2.